The minimum absolute atomic E-state index is 0.0741. The molecule has 88 valence electrons. The number of carbonyl (C=O) groups is 1. The minimum atomic E-state index is -0.576. The molecular weight excluding hydrogens is 288 g/mol. The smallest absolute Gasteiger partial charge is 0.360 e. The van der Waals surface area contributed by atoms with Crippen LogP contribution in [0.25, 0.3) is 5.82 Å². The van der Waals surface area contributed by atoms with E-state index in [9.17, 15) is 4.79 Å². The molecule has 0 aliphatic rings. The summed E-state index contributed by atoms with van der Waals surface area (Å²) in [6.07, 6.45) is 3.05. The van der Waals surface area contributed by atoms with E-state index in [1.165, 1.54) is 18.0 Å². The summed E-state index contributed by atoms with van der Waals surface area (Å²) in [5.74, 6) is 0.178. The molecule has 2 aromatic heterocycles. The van der Waals surface area contributed by atoms with Gasteiger partial charge in [0.05, 0.1) is 11.6 Å². The molecule has 0 fully saturated rings. The van der Waals surface area contributed by atoms with Gasteiger partial charge in [-0.25, -0.2) is 14.8 Å². The van der Waals surface area contributed by atoms with E-state index in [1.807, 2.05) is 6.07 Å². The maximum atomic E-state index is 11.4. The predicted molar refractivity (Wildman–Crippen MR) is 64.8 cm³/mol. The molecule has 2 heterocycles. The van der Waals surface area contributed by atoms with E-state index in [0.717, 1.165) is 4.47 Å². The largest absolute Gasteiger partial charge is 0.464 e. The number of methoxy groups -OCH3 is 1. The highest BCUT2D eigenvalue weighted by molar-refractivity contribution is 9.10. The molecule has 0 aliphatic carbocycles. The number of ether oxygens (including phenoxy) is 1. The Morgan fingerprint density at radius 3 is 2.94 bits per heavy atom. The maximum Gasteiger partial charge on any atom is 0.360 e. The van der Waals surface area contributed by atoms with Gasteiger partial charge in [-0.15, -0.1) is 0 Å². The number of nitrogens with zero attached hydrogens (tertiary/aromatic N) is 3. The van der Waals surface area contributed by atoms with E-state index in [0.29, 0.717) is 5.82 Å². The fraction of sp³-hybridized carbons (Fsp3) is 0.100. The fourth-order valence-electron chi connectivity index (χ4n) is 1.34. The lowest BCUT2D eigenvalue weighted by molar-refractivity contribution is 0.0596. The summed E-state index contributed by atoms with van der Waals surface area (Å²) in [4.78, 5) is 19.4. The number of imidazole rings is 1. The molecule has 0 radical (unpaired) electrons. The van der Waals surface area contributed by atoms with Gasteiger partial charge in [-0.2, -0.15) is 0 Å². The van der Waals surface area contributed by atoms with Gasteiger partial charge in [0.1, 0.15) is 12.1 Å². The summed E-state index contributed by atoms with van der Waals surface area (Å²) in [5, 5.41) is 0. The van der Waals surface area contributed by atoms with Gasteiger partial charge in [0.15, 0.2) is 11.5 Å². The van der Waals surface area contributed by atoms with Gasteiger partial charge >= 0.3 is 5.97 Å². The second kappa shape index (κ2) is 4.54. The number of anilines is 1. The summed E-state index contributed by atoms with van der Waals surface area (Å²) < 4.78 is 6.83. The molecule has 17 heavy (non-hydrogen) atoms. The molecule has 2 N–H and O–H groups in total. The standard InChI is InChI=1S/C10H9BrN4O2/c1-17-10(16)7-8(12)15(5-14-7)9-6(11)3-2-4-13-9/h2-5H,12H2,1H3. The number of hydrogen-bond acceptors (Lipinski definition) is 5. The van der Waals surface area contributed by atoms with Crippen molar-refractivity contribution >= 4 is 27.7 Å². The summed E-state index contributed by atoms with van der Waals surface area (Å²) in [7, 11) is 1.28. The Balaban J connectivity index is 2.52. The third-order valence-corrected chi connectivity index (χ3v) is 2.77. The van der Waals surface area contributed by atoms with Crippen LogP contribution in [0.2, 0.25) is 0 Å². The van der Waals surface area contributed by atoms with Crippen LogP contribution in [0.1, 0.15) is 10.5 Å². The number of aromatic nitrogens is 3. The van der Waals surface area contributed by atoms with Gasteiger partial charge in [0.2, 0.25) is 0 Å². The molecular formula is C10H9BrN4O2. The molecule has 2 aromatic rings. The van der Waals surface area contributed by atoms with Gasteiger partial charge in [-0.3, -0.25) is 4.57 Å². The Morgan fingerprint density at radius 2 is 2.29 bits per heavy atom. The monoisotopic (exact) mass is 296 g/mol. The van der Waals surface area contributed by atoms with Crippen molar-refractivity contribution in [2.45, 2.75) is 0 Å². The number of esters is 1. The van der Waals surface area contributed by atoms with E-state index in [1.54, 1.807) is 12.3 Å². The molecule has 0 saturated carbocycles. The highest BCUT2D eigenvalue weighted by Crippen LogP contribution is 2.22. The first-order valence-electron chi connectivity index (χ1n) is 4.67. The molecule has 0 aliphatic heterocycles. The van der Waals surface area contributed by atoms with Gasteiger partial charge < -0.3 is 10.5 Å². The molecule has 7 heteroatoms. The molecule has 0 unspecified atom stereocenters. The van der Waals surface area contributed by atoms with Crippen LogP contribution in [0.5, 0.6) is 0 Å². The number of carbonyl (C=O) groups excluding carboxylic acids is 1. The average molecular weight is 297 g/mol. The molecule has 0 atom stereocenters. The van der Waals surface area contributed by atoms with Crippen LogP contribution in [0.3, 0.4) is 0 Å². The zero-order valence-electron chi connectivity index (χ0n) is 8.92. The van der Waals surface area contributed by atoms with Crippen molar-refractivity contribution in [2.24, 2.45) is 0 Å². The minimum Gasteiger partial charge on any atom is -0.464 e. The number of nitrogen functional groups attached to an aromatic ring is 1. The van der Waals surface area contributed by atoms with Crippen LogP contribution >= 0.6 is 15.9 Å². The maximum absolute atomic E-state index is 11.4. The molecule has 2 rings (SSSR count). The van der Waals surface area contributed by atoms with Crippen LogP contribution in [-0.2, 0) is 4.74 Å². The van der Waals surface area contributed by atoms with Crippen molar-refractivity contribution in [3.63, 3.8) is 0 Å². The van der Waals surface area contributed by atoms with E-state index < -0.39 is 5.97 Å². The molecule has 6 nitrogen and oxygen atoms in total. The van der Waals surface area contributed by atoms with E-state index in [4.69, 9.17) is 5.73 Å². The quantitative estimate of drug-likeness (QED) is 0.847. The average Bonchev–Trinajstić information content (AvgIpc) is 2.71. The van der Waals surface area contributed by atoms with Crippen LogP contribution in [0.15, 0.2) is 29.1 Å². The first kappa shape index (κ1) is 11.6. The fourth-order valence-corrected chi connectivity index (χ4v) is 1.78. The zero-order valence-corrected chi connectivity index (χ0v) is 10.5. The zero-order chi connectivity index (χ0) is 12.4. The Morgan fingerprint density at radius 1 is 1.53 bits per heavy atom. The van der Waals surface area contributed by atoms with Gasteiger partial charge in [-0.1, -0.05) is 0 Å². The molecule has 0 amide bonds. The highest BCUT2D eigenvalue weighted by atomic mass is 79.9. The normalized spacial score (nSPS) is 10.2. The second-order valence-electron chi connectivity index (χ2n) is 3.15. The van der Waals surface area contributed by atoms with Crippen LogP contribution < -0.4 is 5.73 Å². The van der Waals surface area contributed by atoms with Gasteiger partial charge in [0.25, 0.3) is 0 Å². The van der Waals surface area contributed by atoms with Crippen molar-refractivity contribution in [1.29, 1.82) is 0 Å². The summed E-state index contributed by atoms with van der Waals surface area (Å²) in [6.45, 7) is 0. The first-order valence-corrected chi connectivity index (χ1v) is 5.46. The Labute approximate surface area is 106 Å². The molecule has 0 bridgehead atoms. The Bertz CT molecular complexity index is 567. The van der Waals surface area contributed by atoms with Crippen molar-refractivity contribution < 1.29 is 9.53 Å². The third kappa shape index (κ3) is 2.01. The lowest BCUT2D eigenvalue weighted by Gasteiger charge is -2.05. The number of hydrogen-bond donors (Lipinski definition) is 1. The van der Waals surface area contributed by atoms with E-state index >= 15 is 0 Å². The Kier molecular flexibility index (Phi) is 3.10. The van der Waals surface area contributed by atoms with Crippen molar-refractivity contribution in [1.82, 2.24) is 14.5 Å². The van der Waals surface area contributed by atoms with Crippen LogP contribution in [0, 0.1) is 0 Å². The SMILES string of the molecule is COC(=O)c1ncn(-c2ncccc2Br)c1N. The number of nitrogens with two attached hydrogens (primary N) is 1. The predicted octanol–water partition coefficient (Wildman–Crippen LogP) is 1.40. The van der Waals surface area contributed by atoms with E-state index in [2.05, 4.69) is 30.6 Å². The first-order chi connectivity index (χ1) is 8.15. The lowest BCUT2D eigenvalue weighted by atomic mass is 10.4. The number of rotatable bonds is 2. The Hall–Kier alpha value is -1.89. The molecule has 0 aromatic carbocycles. The van der Waals surface area contributed by atoms with Crippen molar-refractivity contribution in [3.8, 4) is 5.82 Å². The third-order valence-electron chi connectivity index (χ3n) is 2.15. The van der Waals surface area contributed by atoms with Crippen LogP contribution in [-0.4, -0.2) is 27.6 Å². The topological polar surface area (TPSA) is 83.0 Å². The molecule has 0 spiro atoms. The van der Waals surface area contributed by atoms with Crippen molar-refractivity contribution in [2.75, 3.05) is 12.8 Å². The van der Waals surface area contributed by atoms with E-state index in [-0.39, 0.29) is 11.5 Å². The summed E-state index contributed by atoms with van der Waals surface area (Å²) in [5.41, 5.74) is 5.89. The molecule has 0 saturated heterocycles. The van der Waals surface area contributed by atoms with Gasteiger partial charge in [0, 0.05) is 6.20 Å². The van der Waals surface area contributed by atoms with Gasteiger partial charge in [-0.05, 0) is 28.1 Å². The number of pyridine rings is 1. The van der Waals surface area contributed by atoms with Crippen molar-refractivity contribution in [3.05, 3.63) is 34.8 Å². The highest BCUT2D eigenvalue weighted by Gasteiger charge is 2.18. The second-order valence-corrected chi connectivity index (χ2v) is 4.00. The number of halogens is 1. The van der Waals surface area contributed by atoms with Crippen LogP contribution in [0.4, 0.5) is 5.82 Å². The summed E-state index contributed by atoms with van der Waals surface area (Å²) >= 11 is 3.35. The lowest BCUT2D eigenvalue weighted by Crippen LogP contribution is -2.08. The summed E-state index contributed by atoms with van der Waals surface area (Å²) in [6, 6.07) is 3.60.